The van der Waals surface area contributed by atoms with E-state index in [0.717, 1.165) is 30.9 Å². The second-order valence-electron chi connectivity index (χ2n) is 7.16. The summed E-state index contributed by atoms with van der Waals surface area (Å²) in [6.07, 6.45) is 7.70. The fourth-order valence-electron chi connectivity index (χ4n) is 3.15. The summed E-state index contributed by atoms with van der Waals surface area (Å²) < 4.78 is 1.86. The SMILES string of the molecule is Cn1ccc(CC2(N)CCC(C(C)(C)C)CC2)n1. The highest BCUT2D eigenvalue weighted by Gasteiger charge is 2.36. The number of aryl methyl sites for hydroxylation is 1. The molecule has 102 valence electrons. The molecule has 0 spiro atoms. The summed E-state index contributed by atoms with van der Waals surface area (Å²) in [6, 6.07) is 2.09. The van der Waals surface area contributed by atoms with Crippen LogP contribution in [0, 0.1) is 11.3 Å². The Morgan fingerprint density at radius 3 is 2.44 bits per heavy atom. The molecule has 1 fully saturated rings. The van der Waals surface area contributed by atoms with E-state index in [1.165, 1.54) is 12.8 Å². The predicted molar refractivity (Wildman–Crippen MR) is 75.2 cm³/mol. The summed E-state index contributed by atoms with van der Waals surface area (Å²) in [5.74, 6) is 0.818. The molecule has 0 atom stereocenters. The normalized spacial score (nSPS) is 29.5. The van der Waals surface area contributed by atoms with Crippen molar-refractivity contribution in [1.29, 1.82) is 0 Å². The zero-order valence-corrected chi connectivity index (χ0v) is 12.2. The molecule has 1 heterocycles. The summed E-state index contributed by atoms with van der Waals surface area (Å²) in [7, 11) is 1.96. The lowest BCUT2D eigenvalue weighted by Crippen LogP contribution is -2.46. The molecule has 1 saturated carbocycles. The third-order valence-corrected chi connectivity index (χ3v) is 4.51. The molecular weight excluding hydrogens is 222 g/mol. The molecule has 0 aliphatic heterocycles. The minimum Gasteiger partial charge on any atom is -0.325 e. The molecule has 1 aliphatic rings. The van der Waals surface area contributed by atoms with E-state index in [2.05, 4.69) is 31.9 Å². The number of hydrogen-bond donors (Lipinski definition) is 1. The van der Waals surface area contributed by atoms with Gasteiger partial charge >= 0.3 is 0 Å². The zero-order chi connectivity index (χ0) is 13.4. The monoisotopic (exact) mass is 249 g/mol. The van der Waals surface area contributed by atoms with Gasteiger partial charge in [-0.15, -0.1) is 0 Å². The topological polar surface area (TPSA) is 43.8 Å². The highest BCUT2D eigenvalue weighted by molar-refractivity contribution is 5.07. The van der Waals surface area contributed by atoms with Crippen LogP contribution in [0.3, 0.4) is 0 Å². The maximum atomic E-state index is 6.56. The van der Waals surface area contributed by atoms with E-state index in [-0.39, 0.29) is 5.54 Å². The molecule has 0 radical (unpaired) electrons. The molecule has 0 saturated heterocycles. The molecule has 2 N–H and O–H groups in total. The molecule has 18 heavy (non-hydrogen) atoms. The van der Waals surface area contributed by atoms with Gasteiger partial charge in [-0.2, -0.15) is 5.10 Å². The molecule has 0 unspecified atom stereocenters. The van der Waals surface area contributed by atoms with E-state index in [4.69, 9.17) is 5.73 Å². The molecule has 0 aromatic carbocycles. The van der Waals surface area contributed by atoms with Crippen LogP contribution in [-0.2, 0) is 13.5 Å². The fourth-order valence-corrected chi connectivity index (χ4v) is 3.15. The molecule has 1 aromatic rings. The van der Waals surface area contributed by atoms with Crippen molar-refractivity contribution in [2.45, 2.75) is 58.4 Å². The second-order valence-corrected chi connectivity index (χ2v) is 7.16. The van der Waals surface area contributed by atoms with Crippen molar-refractivity contribution in [3.05, 3.63) is 18.0 Å². The van der Waals surface area contributed by atoms with Crippen LogP contribution in [0.4, 0.5) is 0 Å². The van der Waals surface area contributed by atoms with Crippen molar-refractivity contribution >= 4 is 0 Å². The average molecular weight is 249 g/mol. The van der Waals surface area contributed by atoms with Crippen LogP contribution in [0.1, 0.15) is 52.1 Å². The van der Waals surface area contributed by atoms with E-state index >= 15 is 0 Å². The van der Waals surface area contributed by atoms with Gasteiger partial charge in [0.2, 0.25) is 0 Å². The maximum Gasteiger partial charge on any atom is 0.0642 e. The highest BCUT2D eigenvalue weighted by Crippen LogP contribution is 2.41. The number of nitrogens with zero attached hydrogens (tertiary/aromatic N) is 2. The van der Waals surface area contributed by atoms with Crippen LogP contribution in [-0.4, -0.2) is 15.3 Å². The Morgan fingerprint density at radius 1 is 1.39 bits per heavy atom. The zero-order valence-electron chi connectivity index (χ0n) is 12.2. The van der Waals surface area contributed by atoms with Crippen LogP contribution in [0.15, 0.2) is 12.3 Å². The number of hydrogen-bond acceptors (Lipinski definition) is 2. The minimum absolute atomic E-state index is 0.0316. The van der Waals surface area contributed by atoms with Gasteiger partial charge in [-0.25, -0.2) is 0 Å². The Labute approximate surface area is 111 Å². The van der Waals surface area contributed by atoms with Crippen molar-refractivity contribution in [1.82, 2.24) is 9.78 Å². The van der Waals surface area contributed by atoms with Gasteiger partial charge in [-0.1, -0.05) is 20.8 Å². The first-order valence-corrected chi connectivity index (χ1v) is 7.06. The van der Waals surface area contributed by atoms with Crippen molar-refractivity contribution in [2.24, 2.45) is 24.1 Å². The van der Waals surface area contributed by atoms with Crippen LogP contribution in [0.2, 0.25) is 0 Å². The first-order chi connectivity index (χ1) is 8.28. The van der Waals surface area contributed by atoms with E-state index in [0.29, 0.717) is 5.41 Å². The van der Waals surface area contributed by atoms with Crippen molar-refractivity contribution in [2.75, 3.05) is 0 Å². The Bertz CT molecular complexity index is 392. The molecular formula is C15H27N3. The van der Waals surface area contributed by atoms with Gasteiger partial charge in [-0.3, -0.25) is 4.68 Å². The van der Waals surface area contributed by atoms with Crippen LogP contribution < -0.4 is 5.73 Å². The van der Waals surface area contributed by atoms with Crippen LogP contribution in [0.25, 0.3) is 0 Å². The van der Waals surface area contributed by atoms with Gasteiger partial charge in [0, 0.05) is 25.2 Å². The van der Waals surface area contributed by atoms with Crippen molar-refractivity contribution in [3.63, 3.8) is 0 Å². The van der Waals surface area contributed by atoms with Crippen LogP contribution >= 0.6 is 0 Å². The fraction of sp³-hybridized carbons (Fsp3) is 0.800. The van der Waals surface area contributed by atoms with Gasteiger partial charge in [0.25, 0.3) is 0 Å². The summed E-state index contributed by atoms with van der Waals surface area (Å²) in [5, 5.41) is 4.45. The lowest BCUT2D eigenvalue weighted by atomic mass is 9.66. The van der Waals surface area contributed by atoms with Gasteiger partial charge in [0.05, 0.1) is 5.69 Å². The molecule has 2 rings (SSSR count). The molecule has 0 bridgehead atoms. The Morgan fingerprint density at radius 2 is 2.00 bits per heavy atom. The highest BCUT2D eigenvalue weighted by atomic mass is 15.2. The Balaban J connectivity index is 1.95. The van der Waals surface area contributed by atoms with Gasteiger partial charge < -0.3 is 5.73 Å². The smallest absolute Gasteiger partial charge is 0.0642 e. The Kier molecular flexibility index (Phi) is 3.54. The predicted octanol–water partition coefficient (Wildman–Crippen LogP) is 2.90. The maximum absolute atomic E-state index is 6.56. The number of aromatic nitrogens is 2. The van der Waals surface area contributed by atoms with Crippen molar-refractivity contribution < 1.29 is 0 Å². The number of rotatable bonds is 2. The third kappa shape index (κ3) is 3.14. The van der Waals surface area contributed by atoms with Gasteiger partial charge in [-0.05, 0) is 43.1 Å². The summed E-state index contributed by atoms with van der Waals surface area (Å²) in [4.78, 5) is 0. The van der Waals surface area contributed by atoms with E-state index < -0.39 is 0 Å². The summed E-state index contributed by atoms with van der Waals surface area (Å²) in [6.45, 7) is 7.04. The molecule has 1 aliphatic carbocycles. The molecule has 1 aromatic heterocycles. The molecule has 0 amide bonds. The lowest BCUT2D eigenvalue weighted by Gasteiger charge is -2.42. The molecule has 3 heteroatoms. The van der Waals surface area contributed by atoms with E-state index in [1.807, 2.05) is 17.9 Å². The van der Waals surface area contributed by atoms with Gasteiger partial charge in [0.15, 0.2) is 0 Å². The van der Waals surface area contributed by atoms with Crippen LogP contribution in [0.5, 0.6) is 0 Å². The molecule has 3 nitrogen and oxygen atoms in total. The first kappa shape index (κ1) is 13.6. The standard InChI is InChI=1S/C15H27N3/c1-14(2,3)12-5-8-15(16,9-6-12)11-13-7-10-18(4)17-13/h7,10,12H,5-6,8-9,11,16H2,1-4H3. The van der Waals surface area contributed by atoms with E-state index in [9.17, 15) is 0 Å². The van der Waals surface area contributed by atoms with E-state index in [1.54, 1.807) is 0 Å². The largest absolute Gasteiger partial charge is 0.325 e. The third-order valence-electron chi connectivity index (χ3n) is 4.51. The summed E-state index contributed by atoms with van der Waals surface area (Å²) in [5.41, 5.74) is 8.08. The number of nitrogens with two attached hydrogens (primary N) is 1. The van der Waals surface area contributed by atoms with Gasteiger partial charge in [0.1, 0.15) is 0 Å². The minimum atomic E-state index is -0.0316. The summed E-state index contributed by atoms with van der Waals surface area (Å²) >= 11 is 0. The lowest BCUT2D eigenvalue weighted by molar-refractivity contribution is 0.133. The quantitative estimate of drug-likeness (QED) is 0.876. The average Bonchev–Trinajstić information content (AvgIpc) is 2.62. The second kappa shape index (κ2) is 4.69. The first-order valence-electron chi connectivity index (χ1n) is 7.06. The Hall–Kier alpha value is -0.830. The van der Waals surface area contributed by atoms with Crippen molar-refractivity contribution in [3.8, 4) is 0 Å².